The van der Waals surface area contributed by atoms with E-state index in [4.69, 9.17) is 10.3 Å². The summed E-state index contributed by atoms with van der Waals surface area (Å²) in [7, 11) is 1.91. The molecule has 1 amide bonds. The highest BCUT2D eigenvalue weighted by Crippen LogP contribution is 2.32. The Labute approximate surface area is 190 Å². The Kier molecular flexibility index (Phi) is 5.49. The maximum Gasteiger partial charge on any atom is 0.291 e. The first-order valence-corrected chi connectivity index (χ1v) is 11.1. The van der Waals surface area contributed by atoms with E-state index in [0.29, 0.717) is 35.6 Å². The number of carbonyl (C=O) groups is 1. The van der Waals surface area contributed by atoms with Gasteiger partial charge in [0.1, 0.15) is 11.7 Å². The summed E-state index contributed by atoms with van der Waals surface area (Å²) in [6.45, 7) is 5.23. The molecule has 2 aromatic heterocycles. The lowest BCUT2D eigenvalue weighted by Gasteiger charge is -2.33. The first kappa shape index (κ1) is 21.4. The van der Waals surface area contributed by atoms with E-state index >= 15 is 0 Å². The minimum atomic E-state index is -1.01. The molecule has 0 bridgehead atoms. The second-order valence-corrected chi connectivity index (χ2v) is 8.76. The van der Waals surface area contributed by atoms with E-state index in [2.05, 4.69) is 32.5 Å². The average Bonchev–Trinajstić information content (AvgIpc) is 3.42. The SMILES string of the molecule is C=Cc1c2cc(N)cc(N[C@@H]3CCN(C)C[C@@H]3F)c2nn1-c1noc(CNC(=O)C2CC2)n1. The van der Waals surface area contributed by atoms with Crippen LogP contribution in [-0.4, -0.2) is 63.1 Å². The summed E-state index contributed by atoms with van der Waals surface area (Å²) >= 11 is 0. The third-order valence-electron chi connectivity index (χ3n) is 6.12. The van der Waals surface area contributed by atoms with Crippen molar-refractivity contribution in [1.82, 2.24) is 30.1 Å². The molecule has 174 valence electrons. The van der Waals surface area contributed by atoms with Crippen LogP contribution >= 0.6 is 0 Å². The van der Waals surface area contributed by atoms with Crippen LogP contribution in [0.4, 0.5) is 15.8 Å². The second-order valence-electron chi connectivity index (χ2n) is 8.76. The summed E-state index contributed by atoms with van der Waals surface area (Å²) in [5.74, 6) is 0.584. The highest BCUT2D eigenvalue weighted by atomic mass is 19.1. The normalized spacial score (nSPS) is 21.3. The maximum absolute atomic E-state index is 14.6. The van der Waals surface area contributed by atoms with Crippen molar-refractivity contribution in [2.45, 2.75) is 38.0 Å². The number of carbonyl (C=O) groups excluding carboxylic acids is 1. The van der Waals surface area contributed by atoms with Crippen molar-refractivity contribution in [3.8, 4) is 5.95 Å². The van der Waals surface area contributed by atoms with Gasteiger partial charge in [-0.2, -0.15) is 14.8 Å². The number of benzene rings is 1. The summed E-state index contributed by atoms with van der Waals surface area (Å²) in [5, 5.41) is 15.5. The van der Waals surface area contributed by atoms with Crippen molar-refractivity contribution in [2.24, 2.45) is 5.92 Å². The molecule has 3 aromatic rings. The number of aromatic nitrogens is 4. The number of anilines is 2. The number of piperidine rings is 1. The van der Waals surface area contributed by atoms with Gasteiger partial charge in [0, 0.05) is 30.1 Å². The van der Waals surface area contributed by atoms with Gasteiger partial charge in [0.2, 0.25) is 11.8 Å². The number of alkyl halides is 1. The number of fused-ring (bicyclic) bond motifs is 1. The molecule has 2 aliphatic rings. The molecule has 0 radical (unpaired) electrons. The molecule has 10 nitrogen and oxygen atoms in total. The van der Waals surface area contributed by atoms with E-state index in [0.717, 1.165) is 24.8 Å². The molecule has 11 heteroatoms. The molecule has 0 spiro atoms. The predicted octanol–water partition coefficient (Wildman–Crippen LogP) is 2.11. The van der Waals surface area contributed by atoms with Crippen LogP contribution in [0, 0.1) is 5.92 Å². The highest BCUT2D eigenvalue weighted by molar-refractivity contribution is 5.98. The van der Waals surface area contributed by atoms with Crippen LogP contribution in [0.25, 0.3) is 22.9 Å². The van der Waals surface area contributed by atoms with E-state index in [1.165, 1.54) is 4.68 Å². The number of likely N-dealkylation sites (tertiary alicyclic amines) is 1. The smallest absolute Gasteiger partial charge is 0.291 e. The Morgan fingerprint density at radius 3 is 2.94 bits per heavy atom. The molecule has 2 fully saturated rings. The fourth-order valence-corrected chi connectivity index (χ4v) is 4.16. The van der Waals surface area contributed by atoms with E-state index in [-0.39, 0.29) is 36.3 Å². The first-order chi connectivity index (χ1) is 15.9. The Balaban J connectivity index is 1.44. The highest BCUT2D eigenvalue weighted by Gasteiger charge is 2.30. The summed E-state index contributed by atoms with van der Waals surface area (Å²) in [6, 6.07) is 3.21. The van der Waals surface area contributed by atoms with Crippen LogP contribution in [0.15, 0.2) is 23.2 Å². The van der Waals surface area contributed by atoms with Crippen molar-refractivity contribution in [1.29, 1.82) is 0 Å². The molecular weight excluding hydrogens is 427 g/mol. The molecule has 3 heterocycles. The minimum absolute atomic E-state index is 0.00220. The fourth-order valence-electron chi connectivity index (χ4n) is 4.16. The largest absolute Gasteiger partial charge is 0.399 e. The van der Waals surface area contributed by atoms with E-state index in [9.17, 15) is 9.18 Å². The Hall–Kier alpha value is -3.47. The van der Waals surface area contributed by atoms with Crippen molar-refractivity contribution in [3.63, 3.8) is 0 Å². The number of amides is 1. The standard InChI is InChI=1S/C22H27FN8O2/c1-3-18-14-8-13(24)9-17(26-16-6-7-30(2)11-15(16)23)20(14)28-31(18)22-27-19(33-29-22)10-25-21(32)12-4-5-12/h3,8-9,12,15-16,26H,1,4-7,10-11,24H2,2H3,(H,25,32)/t15-,16+/m0/s1. The topological polar surface area (TPSA) is 127 Å². The molecule has 1 saturated carbocycles. The minimum Gasteiger partial charge on any atom is -0.399 e. The number of rotatable bonds is 7. The molecule has 4 N–H and O–H groups in total. The van der Waals surface area contributed by atoms with Crippen molar-refractivity contribution >= 4 is 34.3 Å². The number of hydrogen-bond acceptors (Lipinski definition) is 8. The zero-order valence-corrected chi connectivity index (χ0v) is 18.4. The Bertz CT molecular complexity index is 1200. The lowest BCUT2D eigenvalue weighted by molar-refractivity contribution is -0.122. The van der Waals surface area contributed by atoms with E-state index in [1.807, 2.05) is 11.9 Å². The summed E-state index contributed by atoms with van der Waals surface area (Å²) in [6.07, 6.45) is 3.14. The Morgan fingerprint density at radius 2 is 2.21 bits per heavy atom. The zero-order valence-electron chi connectivity index (χ0n) is 18.4. The molecular formula is C22H27FN8O2. The number of nitrogens with one attached hydrogen (secondary N) is 2. The van der Waals surface area contributed by atoms with Crippen LogP contribution < -0.4 is 16.4 Å². The molecule has 5 rings (SSSR count). The summed E-state index contributed by atoms with van der Waals surface area (Å²) < 4.78 is 21.5. The first-order valence-electron chi connectivity index (χ1n) is 11.1. The van der Waals surface area contributed by atoms with Crippen LogP contribution in [0.3, 0.4) is 0 Å². The molecule has 0 unspecified atom stereocenters. The molecule has 1 aliphatic heterocycles. The van der Waals surface area contributed by atoms with Crippen LogP contribution in [-0.2, 0) is 11.3 Å². The third kappa shape index (κ3) is 4.28. The maximum atomic E-state index is 14.6. The molecule has 1 aliphatic carbocycles. The fraction of sp³-hybridized carbons (Fsp3) is 0.455. The van der Waals surface area contributed by atoms with Gasteiger partial charge in [-0.3, -0.25) is 4.79 Å². The summed E-state index contributed by atoms with van der Waals surface area (Å²) in [5.41, 5.74) is 8.56. The molecule has 33 heavy (non-hydrogen) atoms. The number of hydrogen-bond donors (Lipinski definition) is 3. The monoisotopic (exact) mass is 454 g/mol. The van der Waals surface area contributed by atoms with Gasteiger partial charge in [0.05, 0.1) is 24.0 Å². The summed E-state index contributed by atoms with van der Waals surface area (Å²) in [4.78, 5) is 18.2. The van der Waals surface area contributed by atoms with Crippen molar-refractivity contribution in [3.05, 3.63) is 30.3 Å². The van der Waals surface area contributed by atoms with Crippen molar-refractivity contribution < 1.29 is 13.7 Å². The van der Waals surface area contributed by atoms with Gasteiger partial charge in [-0.25, -0.2) is 4.39 Å². The molecule has 1 saturated heterocycles. The third-order valence-corrected chi connectivity index (χ3v) is 6.12. The van der Waals surface area contributed by atoms with Gasteiger partial charge in [-0.15, -0.1) is 0 Å². The van der Waals surface area contributed by atoms with Gasteiger partial charge in [0.25, 0.3) is 5.95 Å². The van der Waals surface area contributed by atoms with Crippen molar-refractivity contribution in [2.75, 3.05) is 31.2 Å². The number of halogens is 1. The van der Waals surface area contributed by atoms with Gasteiger partial charge < -0.3 is 25.8 Å². The lowest BCUT2D eigenvalue weighted by Crippen LogP contribution is -2.46. The number of nitrogen functional groups attached to an aromatic ring is 1. The quantitative estimate of drug-likeness (QED) is 0.463. The average molecular weight is 455 g/mol. The molecule has 2 atom stereocenters. The van der Waals surface area contributed by atoms with Crippen LogP contribution in [0.1, 0.15) is 30.8 Å². The zero-order chi connectivity index (χ0) is 23.1. The second kappa shape index (κ2) is 8.47. The number of nitrogens with zero attached hydrogens (tertiary/aromatic N) is 5. The van der Waals surface area contributed by atoms with Gasteiger partial charge >= 0.3 is 0 Å². The number of nitrogens with two attached hydrogens (primary N) is 1. The van der Waals surface area contributed by atoms with E-state index < -0.39 is 6.17 Å². The predicted molar refractivity (Wildman–Crippen MR) is 122 cm³/mol. The van der Waals surface area contributed by atoms with Crippen LogP contribution in [0.5, 0.6) is 0 Å². The van der Waals surface area contributed by atoms with E-state index in [1.54, 1.807) is 18.2 Å². The van der Waals surface area contributed by atoms with Gasteiger partial charge in [-0.1, -0.05) is 6.58 Å². The van der Waals surface area contributed by atoms with Gasteiger partial charge in [0.15, 0.2) is 0 Å². The Morgan fingerprint density at radius 1 is 1.39 bits per heavy atom. The van der Waals surface area contributed by atoms with Crippen LogP contribution in [0.2, 0.25) is 0 Å². The lowest BCUT2D eigenvalue weighted by atomic mass is 10.0. The van der Waals surface area contributed by atoms with Gasteiger partial charge in [-0.05, 0) is 49.7 Å². The molecule has 1 aromatic carbocycles.